The van der Waals surface area contributed by atoms with Crippen molar-refractivity contribution in [2.75, 3.05) is 30.8 Å². The quantitative estimate of drug-likeness (QED) is 0.708. The Morgan fingerprint density at radius 2 is 1.67 bits per heavy atom. The standard InChI is InChI=1S/C19H24N2O5S/c1-15(14-25-2)20-19(22)13-21(27(3,23)24)16-9-11-18(12-10-16)26-17-7-5-4-6-8-17/h4-12,15H,13-14H2,1-3H3,(H,20,22)/t15-/m0/s1. The van der Waals surface area contributed by atoms with Gasteiger partial charge in [0, 0.05) is 13.2 Å². The van der Waals surface area contributed by atoms with Crippen molar-refractivity contribution in [3.8, 4) is 11.5 Å². The van der Waals surface area contributed by atoms with E-state index >= 15 is 0 Å². The second-order valence-corrected chi connectivity index (χ2v) is 8.01. The smallest absolute Gasteiger partial charge is 0.241 e. The molecule has 0 aliphatic heterocycles. The second-order valence-electron chi connectivity index (χ2n) is 6.10. The van der Waals surface area contributed by atoms with Crippen LogP contribution in [0.1, 0.15) is 6.92 Å². The summed E-state index contributed by atoms with van der Waals surface area (Å²) in [4.78, 5) is 12.2. The third kappa shape index (κ3) is 6.58. The number of nitrogens with zero attached hydrogens (tertiary/aromatic N) is 1. The molecule has 0 unspecified atom stereocenters. The Bertz CT molecular complexity index is 838. The first-order valence-corrected chi connectivity index (χ1v) is 10.2. The molecule has 0 heterocycles. The number of anilines is 1. The van der Waals surface area contributed by atoms with Crippen LogP contribution in [0.25, 0.3) is 0 Å². The van der Waals surface area contributed by atoms with Gasteiger partial charge in [0.05, 0.1) is 18.6 Å². The first kappa shape index (κ1) is 20.7. The van der Waals surface area contributed by atoms with Gasteiger partial charge >= 0.3 is 0 Å². The van der Waals surface area contributed by atoms with Gasteiger partial charge in [-0.2, -0.15) is 0 Å². The number of carbonyl (C=O) groups is 1. The van der Waals surface area contributed by atoms with E-state index in [0.29, 0.717) is 23.8 Å². The van der Waals surface area contributed by atoms with Gasteiger partial charge < -0.3 is 14.8 Å². The van der Waals surface area contributed by atoms with Crippen LogP contribution in [0.2, 0.25) is 0 Å². The van der Waals surface area contributed by atoms with Gasteiger partial charge in [0.15, 0.2) is 0 Å². The first-order chi connectivity index (χ1) is 12.8. The molecule has 2 aromatic rings. The van der Waals surface area contributed by atoms with Gasteiger partial charge in [0.2, 0.25) is 15.9 Å². The van der Waals surface area contributed by atoms with E-state index in [9.17, 15) is 13.2 Å². The van der Waals surface area contributed by atoms with Crippen LogP contribution in [0.5, 0.6) is 11.5 Å². The number of carbonyl (C=O) groups excluding carboxylic acids is 1. The predicted octanol–water partition coefficient (Wildman–Crippen LogP) is 2.40. The molecule has 0 bridgehead atoms. The van der Waals surface area contributed by atoms with Crippen molar-refractivity contribution >= 4 is 21.6 Å². The molecular formula is C19H24N2O5S. The highest BCUT2D eigenvalue weighted by molar-refractivity contribution is 7.92. The summed E-state index contributed by atoms with van der Waals surface area (Å²) in [6.45, 7) is 1.81. The van der Waals surface area contributed by atoms with Crippen LogP contribution < -0.4 is 14.4 Å². The molecule has 0 spiro atoms. The minimum Gasteiger partial charge on any atom is -0.457 e. The molecule has 0 saturated carbocycles. The van der Waals surface area contributed by atoms with Crippen molar-refractivity contribution in [3.63, 3.8) is 0 Å². The van der Waals surface area contributed by atoms with Crippen LogP contribution in [0.4, 0.5) is 5.69 Å². The van der Waals surface area contributed by atoms with Gasteiger partial charge in [-0.05, 0) is 43.3 Å². The number of benzene rings is 2. The van der Waals surface area contributed by atoms with Crippen molar-refractivity contribution in [2.24, 2.45) is 0 Å². The molecule has 1 amide bonds. The number of rotatable bonds is 9. The van der Waals surface area contributed by atoms with Crippen LogP contribution in [-0.4, -0.2) is 46.9 Å². The predicted molar refractivity (Wildman–Crippen MR) is 105 cm³/mol. The third-order valence-electron chi connectivity index (χ3n) is 3.62. The molecule has 27 heavy (non-hydrogen) atoms. The number of sulfonamides is 1. The van der Waals surface area contributed by atoms with E-state index in [0.717, 1.165) is 10.6 Å². The van der Waals surface area contributed by atoms with E-state index in [1.54, 1.807) is 31.2 Å². The maximum atomic E-state index is 12.2. The Labute approximate surface area is 160 Å². The lowest BCUT2D eigenvalue weighted by molar-refractivity contribution is -0.120. The second kappa shape index (κ2) is 9.38. The molecule has 0 aliphatic carbocycles. The summed E-state index contributed by atoms with van der Waals surface area (Å²) in [6, 6.07) is 15.6. The fraction of sp³-hybridized carbons (Fsp3) is 0.316. The Morgan fingerprint density at radius 1 is 1.07 bits per heavy atom. The van der Waals surface area contributed by atoms with Gasteiger partial charge in [-0.25, -0.2) is 8.42 Å². The van der Waals surface area contributed by atoms with Crippen LogP contribution in [0, 0.1) is 0 Å². The Hall–Kier alpha value is -2.58. The topological polar surface area (TPSA) is 84.9 Å². The highest BCUT2D eigenvalue weighted by Crippen LogP contribution is 2.25. The molecular weight excluding hydrogens is 368 g/mol. The Balaban J connectivity index is 2.11. The zero-order valence-electron chi connectivity index (χ0n) is 15.6. The van der Waals surface area contributed by atoms with E-state index in [4.69, 9.17) is 9.47 Å². The third-order valence-corrected chi connectivity index (χ3v) is 4.76. The summed E-state index contributed by atoms with van der Waals surface area (Å²) in [5.41, 5.74) is 0.382. The fourth-order valence-electron chi connectivity index (χ4n) is 2.45. The number of ether oxygens (including phenoxy) is 2. The summed E-state index contributed by atoms with van der Waals surface area (Å²) in [6.07, 6.45) is 1.06. The normalized spacial score (nSPS) is 12.3. The maximum absolute atomic E-state index is 12.2. The van der Waals surface area contributed by atoms with Crippen molar-refractivity contribution in [3.05, 3.63) is 54.6 Å². The van der Waals surface area contributed by atoms with Crippen molar-refractivity contribution in [1.29, 1.82) is 0 Å². The molecule has 1 atom stereocenters. The monoisotopic (exact) mass is 392 g/mol. The highest BCUT2D eigenvalue weighted by Gasteiger charge is 2.21. The van der Waals surface area contributed by atoms with Crippen LogP contribution in [-0.2, 0) is 19.6 Å². The molecule has 146 valence electrons. The Kier molecular flexibility index (Phi) is 7.20. The van der Waals surface area contributed by atoms with Gasteiger partial charge in [-0.15, -0.1) is 0 Å². The molecule has 0 aromatic heterocycles. The molecule has 0 fully saturated rings. The largest absolute Gasteiger partial charge is 0.457 e. The summed E-state index contributed by atoms with van der Waals surface area (Å²) in [5.74, 6) is 0.836. The lowest BCUT2D eigenvalue weighted by Crippen LogP contribution is -2.44. The number of methoxy groups -OCH3 is 1. The van der Waals surface area contributed by atoms with E-state index < -0.39 is 15.9 Å². The average Bonchev–Trinajstić information content (AvgIpc) is 2.61. The van der Waals surface area contributed by atoms with E-state index in [1.165, 1.54) is 7.11 Å². The number of hydrogen-bond donors (Lipinski definition) is 1. The molecule has 8 heteroatoms. The SMILES string of the molecule is COC[C@H](C)NC(=O)CN(c1ccc(Oc2ccccc2)cc1)S(C)(=O)=O. The van der Waals surface area contributed by atoms with Crippen LogP contribution >= 0.6 is 0 Å². The van der Waals surface area contributed by atoms with E-state index in [-0.39, 0.29) is 12.6 Å². The summed E-state index contributed by atoms with van der Waals surface area (Å²) >= 11 is 0. The zero-order chi connectivity index (χ0) is 19.9. The molecule has 0 aliphatic rings. The number of nitrogens with one attached hydrogen (secondary N) is 1. The van der Waals surface area contributed by atoms with E-state index in [1.807, 2.05) is 30.3 Å². The van der Waals surface area contributed by atoms with Crippen LogP contribution in [0.3, 0.4) is 0 Å². The van der Waals surface area contributed by atoms with Gasteiger partial charge in [0.25, 0.3) is 0 Å². The van der Waals surface area contributed by atoms with Gasteiger partial charge in [-0.1, -0.05) is 18.2 Å². The molecule has 7 nitrogen and oxygen atoms in total. The van der Waals surface area contributed by atoms with E-state index in [2.05, 4.69) is 5.32 Å². The molecule has 0 saturated heterocycles. The average molecular weight is 392 g/mol. The number of para-hydroxylation sites is 1. The molecule has 1 N–H and O–H groups in total. The minimum absolute atomic E-state index is 0.217. The maximum Gasteiger partial charge on any atom is 0.241 e. The fourth-order valence-corrected chi connectivity index (χ4v) is 3.30. The van der Waals surface area contributed by atoms with Crippen molar-refractivity contribution < 1.29 is 22.7 Å². The summed E-state index contributed by atoms with van der Waals surface area (Å²) in [5, 5.41) is 2.70. The molecule has 2 rings (SSSR count). The lowest BCUT2D eigenvalue weighted by Gasteiger charge is -2.23. The van der Waals surface area contributed by atoms with Crippen molar-refractivity contribution in [1.82, 2.24) is 5.32 Å². The van der Waals surface area contributed by atoms with Crippen molar-refractivity contribution in [2.45, 2.75) is 13.0 Å². The lowest BCUT2D eigenvalue weighted by atomic mass is 10.3. The molecule has 0 radical (unpaired) electrons. The summed E-state index contributed by atoms with van der Waals surface area (Å²) < 4.78 is 36.0. The minimum atomic E-state index is -3.63. The number of amides is 1. The molecule has 2 aromatic carbocycles. The Morgan fingerprint density at radius 3 is 2.22 bits per heavy atom. The zero-order valence-corrected chi connectivity index (χ0v) is 16.4. The summed E-state index contributed by atoms with van der Waals surface area (Å²) in [7, 11) is -2.10. The van der Waals surface area contributed by atoms with Gasteiger partial charge in [-0.3, -0.25) is 9.10 Å². The first-order valence-electron chi connectivity index (χ1n) is 8.38. The van der Waals surface area contributed by atoms with Crippen LogP contribution in [0.15, 0.2) is 54.6 Å². The number of hydrogen-bond acceptors (Lipinski definition) is 5. The highest BCUT2D eigenvalue weighted by atomic mass is 32.2. The van der Waals surface area contributed by atoms with Gasteiger partial charge in [0.1, 0.15) is 18.0 Å².